The molecule has 1 N–H and O–H groups in total. The number of nitrogens with zero attached hydrogens (tertiary/aromatic N) is 3. The summed E-state index contributed by atoms with van der Waals surface area (Å²) in [5, 5.41) is 3.18. The monoisotopic (exact) mass is 360 g/mol. The molecule has 1 aromatic heterocycles. The fourth-order valence-electron chi connectivity index (χ4n) is 2.64. The summed E-state index contributed by atoms with van der Waals surface area (Å²) in [6.45, 7) is 1.29. The molecule has 0 spiro atoms. The molecule has 132 valence electrons. The predicted molar refractivity (Wildman–Crippen MR) is 93.9 cm³/mol. The van der Waals surface area contributed by atoms with E-state index in [2.05, 4.69) is 15.3 Å². The number of benzene rings is 1. The van der Waals surface area contributed by atoms with Gasteiger partial charge in [0, 0.05) is 38.2 Å². The zero-order chi connectivity index (χ0) is 17.9. The van der Waals surface area contributed by atoms with E-state index in [1.165, 1.54) is 6.26 Å². The normalized spacial score (nSPS) is 14.8. The van der Waals surface area contributed by atoms with Gasteiger partial charge in [-0.3, -0.25) is 4.79 Å². The van der Waals surface area contributed by atoms with Crippen LogP contribution >= 0.6 is 0 Å². The number of aryl methyl sites for hydroxylation is 1. The molecule has 2 heterocycles. The van der Waals surface area contributed by atoms with Gasteiger partial charge in [-0.1, -0.05) is 12.1 Å². The number of anilines is 1. The zero-order valence-corrected chi connectivity index (χ0v) is 14.7. The van der Waals surface area contributed by atoms with E-state index in [0.717, 1.165) is 5.56 Å². The lowest BCUT2D eigenvalue weighted by Gasteiger charge is -2.39. The highest BCUT2D eigenvalue weighted by Crippen LogP contribution is 2.16. The first-order valence-corrected chi connectivity index (χ1v) is 9.91. The van der Waals surface area contributed by atoms with Crippen LogP contribution in [0.1, 0.15) is 12.0 Å². The van der Waals surface area contributed by atoms with E-state index < -0.39 is 9.84 Å². The van der Waals surface area contributed by atoms with Crippen LogP contribution in [0, 0.1) is 0 Å². The molecule has 1 aromatic carbocycles. The number of carbonyl (C=O) groups is 1. The summed E-state index contributed by atoms with van der Waals surface area (Å²) in [4.78, 5) is 22.5. The molecule has 1 saturated heterocycles. The van der Waals surface area contributed by atoms with Gasteiger partial charge in [-0.05, 0) is 30.2 Å². The van der Waals surface area contributed by atoms with Crippen molar-refractivity contribution in [3.8, 4) is 0 Å². The fourth-order valence-corrected chi connectivity index (χ4v) is 3.27. The lowest BCUT2D eigenvalue weighted by atomic mass is 10.1. The molecule has 1 amide bonds. The van der Waals surface area contributed by atoms with Crippen molar-refractivity contribution in [1.29, 1.82) is 0 Å². The average molecular weight is 360 g/mol. The van der Waals surface area contributed by atoms with E-state index in [1.807, 2.05) is 0 Å². The third-order valence-corrected chi connectivity index (χ3v) is 5.24. The number of likely N-dealkylation sites (tertiary alicyclic amines) is 1. The van der Waals surface area contributed by atoms with Gasteiger partial charge in [-0.25, -0.2) is 18.4 Å². The number of hydrogen-bond acceptors (Lipinski definition) is 6. The number of aromatic nitrogens is 2. The Morgan fingerprint density at radius 2 is 1.84 bits per heavy atom. The van der Waals surface area contributed by atoms with Crippen LogP contribution in [0.4, 0.5) is 5.95 Å². The van der Waals surface area contributed by atoms with Crippen LogP contribution < -0.4 is 5.32 Å². The lowest BCUT2D eigenvalue weighted by molar-refractivity contribution is -0.135. The van der Waals surface area contributed by atoms with Crippen molar-refractivity contribution in [1.82, 2.24) is 14.9 Å². The van der Waals surface area contributed by atoms with Gasteiger partial charge in [0.1, 0.15) is 0 Å². The molecule has 0 aliphatic carbocycles. The van der Waals surface area contributed by atoms with E-state index in [9.17, 15) is 13.2 Å². The molecule has 1 aliphatic heterocycles. The van der Waals surface area contributed by atoms with Crippen LogP contribution in [-0.2, 0) is 21.1 Å². The SMILES string of the molecule is CS(=O)(=O)c1ccc(CCC(=O)N2CC(Nc3ncccn3)C2)cc1. The minimum atomic E-state index is -3.18. The average Bonchev–Trinajstić information content (AvgIpc) is 2.56. The van der Waals surface area contributed by atoms with Gasteiger partial charge >= 0.3 is 0 Å². The van der Waals surface area contributed by atoms with Crippen molar-refractivity contribution < 1.29 is 13.2 Å². The summed E-state index contributed by atoms with van der Waals surface area (Å²) < 4.78 is 22.9. The van der Waals surface area contributed by atoms with Gasteiger partial charge in [-0.15, -0.1) is 0 Å². The minimum Gasteiger partial charge on any atom is -0.348 e. The quantitative estimate of drug-likeness (QED) is 0.830. The van der Waals surface area contributed by atoms with Gasteiger partial charge in [0.15, 0.2) is 9.84 Å². The molecule has 3 rings (SSSR count). The molecule has 8 heteroatoms. The van der Waals surface area contributed by atoms with Gasteiger partial charge < -0.3 is 10.2 Å². The molecule has 0 bridgehead atoms. The first-order chi connectivity index (χ1) is 11.9. The smallest absolute Gasteiger partial charge is 0.223 e. The fraction of sp³-hybridized carbons (Fsp3) is 0.353. The first-order valence-electron chi connectivity index (χ1n) is 8.02. The second-order valence-electron chi connectivity index (χ2n) is 6.13. The summed E-state index contributed by atoms with van der Waals surface area (Å²) in [7, 11) is -3.18. The first kappa shape index (κ1) is 17.3. The van der Waals surface area contributed by atoms with Crippen LogP contribution in [0.2, 0.25) is 0 Å². The summed E-state index contributed by atoms with van der Waals surface area (Å²) in [6, 6.07) is 8.62. The van der Waals surface area contributed by atoms with E-state index in [0.29, 0.717) is 36.8 Å². The molecule has 0 saturated carbocycles. The molecule has 0 radical (unpaired) electrons. The van der Waals surface area contributed by atoms with Crippen molar-refractivity contribution in [2.75, 3.05) is 24.7 Å². The van der Waals surface area contributed by atoms with E-state index in [-0.39, 0.29) is 11.9 Å². The maximum Gasteiger partial charge on any atom is 0.223 e. The Morgan fingerprint density at radius 1 is 1.20 bits per heavy atom. The lowest BCUT2D eigenvalue weighted by Crippen LogP contribution is -2.57. The van der Waals surface area contributed by atoms with Crippen LogP contribution in [0.15, 0.2) is 47.6 Å². The van der Waals surface area contributed by atoms with E-state index in [1.54, 1.807) is 47.6 Å². The van der Waals surface area contributed by atoms with Gasteiger partial charge in [0.05, 0.1) is 10.9 Å². The van der Waals surface area contributed by atoms with Crippen LogP contribution in [-0.4, -0.2) is 54.6 Å². The number of carbonyl (C=O) groups excluding carboxylic acids is 1. The van der Waals surface area contributed by atoms with Crippen LogP contribution in [0.5, 0.6) is 0 Å². The Morgan fingerprint density at radius 3 is 2.44 bits per heavy atom. The Balaban J connectivity index is 1.43. The molecule has 1 aliphatic rings. The standard InChI is InChI=1S/C17H20N4O3S/c1-25(23,24)15-6-3-13(4-7-15)5-8-16(22)21-11-14(12-21)20-17-18-9-2-10-19-17/h2-4,6-7,9-10,14H,5,8,11-12H2,1H3,(H,18,19,20). The molecule has 1 fully saturated rings. The number of hydrogen-bond donors (Lipinski definition) is 1. The number of amides is 1. The third kappa shape index (κ3) is 4.54. The van der Waals surface area contributed by atoms with Crippen LogP contribution in [0.25, 0.3) is 0 Å². The zero-order valence-electron chi connectivity index (χ0n) is 13.9. The number of sulfone groups is 1. The van der Waals surface area contributed by atoms with Crippen molar-refractivity contribution in [3.63, 3.8) is 0 Å². The van der Waals surface area contributed by atoms with Gasteiger partial charge in [0.2, 0.25) is 11.9 Å². The molecule has 2 aromatic rings. The summed E-state index contributed by atoms with van der Waals surface area (Å²) in [5.74, 6) is 0.671. The van der Waals surface area contributed by atoms with Crippen molar-refractivity contribution >= 4 is 21.7 Å². The number of rotatable bonds is 6. The molecular weight excluding hydrogens is 340 g/mol. The van der Waals surface area contributed by atoms with Crippen molar-refractivity contribution in [2.45, 2.75) is 23.8 Å². The molecule has 7 nitrogen and oxygen atoms in total. The largest absolute Gasteiger partial charge is 0.348 e. The number of nitrogens with one attached hydrogen (secondary N) is 1. The Kier molecular flexibility index (Phi) is 4.98. The highest BCUT2D eigenvalue weighted by Gasteiger charge is 2.30. The van der Waals surface area contributed by atoms with Crippen LogP contribution in [0.3, 0.4) is 0 Å². The Labute approximate surface area is 147 Å². The predicted octanol–water partition coefficient (Wildman–Crippen LogP) is 1.14. The highest BCUT2D eigenvalue weighted by atomic mass is 32.2. The maximum absolute atomic E-state index is 12.2. The van der Waals surface area contributed by atoms with Crippen molar-refractivity contribution in [3.05, 3.63) is 48.3 Å². The van der Waals surface area contributed by atoms with Gasteiger partial charge in [0.25, 0.3) is 0 Å². The minimum absolute atomic E-state index is 0.0965. The second kappa shape index (κ2) is 7.18. The topological polar surface area (TPSA) is 92.3 Å². The molecular formula is C17H20N4O3S. The maximum atomic E-state index is 12.2. The molecule has 0 unspecified atom stereocenters. The summed E-state index contributed by atoms with van der Waals surface area (Å²) >= 11 is 0. The Hall–Kier alpha value is -2.48. The van der Waals surface area contributed by atoms with E-state index >= 15 is 0 Å². The molecule has 0 atom stereocenters. The highest BCUT2D eigenvalue weighted by molar-refractivity contribution is 7.90. The summed E-state index contributed by atoms with van der Waals surface area (Å²) in [5.41, 5.74) is 0.952. The Bertz CT molecular complexity index is 832. The van der Waals surface area contributed by atoms with Crippen molar-refractivity contribution in [2.24, 2.45) is 0 Å². The summed E-state index contributed by atoms with van der Waals surface area (Å²) in [6.07, 6.45) is 5.53. The third-order valence-electron chi connectivity index (χ3n) is 4.11. The molecule has 25 heavy (non-hydrogen) atoms. The van der Waals surface area contributed by atoms with Gasteiger partial charge in [-0.2, -0.15) is 0 Å². The van der Waals surface area contributed by atoms with E-state index in [4.69, 9.17) is 0 Å². The second-order valence-corrected chi connectivity index (χ2v) is 8.14.